The summed E-state index contributed by atoms with van der Waals surface area (Å²) in [6.45, 7) is 3.64. The van der Waals surface area contributed by atoms with Crippen LogP contribution in [0.5, 0.6) is 0 Å². The first-order valence-corrected chi connectivity index (χ1v) is 8.44. The second-order valence-electron chi connectivity index (χ2n) is 6.50. The van der Waals surface area contributed by atoms with E-state index in [4.69, 9.17) is 0 Å². The Hall–Kier alpha value is -2.87. The van der Waals surface area contributed by atoms with Gasteiger partial charge in [-0.25, -0.2) is 4.79 Å². The number of carboxylic acids is 1. The summed E-state index contributed by atoms with van der Waals surface area (Å²) in [6.07, 6.45) is -6.31. The Morgan fingerprint density at radius 2 is 1.57 bits per heavy atom. The Morgan fingerprint density at radius 1 is 1.04 bits per heavy atom. The van der Waals surface area contributed by atoms with Crippen LogP contribution in [0.25, 0.3) is 0 Å². The molecule has 0 heterocycles. The van der Waals surface area contributed by atoms with Crippen LogP contribution < -0.4 is 5.32 Å². The minimum Gasteiger partial charge on any atom is -0.480 e. The van der Waals surface area contributed by atoms with E-state index in [2.05, 4.69) is 5.32 Å². The van der Waals surface area contributed by atoms with Crippen molar-refractivity contribution in [3.05, 3.63) is 70.3 Å². The van der Waals surface area contributed by atoms with E-state index in [0.29, 0.717) is 0 Å². The molecular formula is C20H20F3NO4. The van der Waals surface area contributed by atoms with Crippen molar-refractivity contribution in [2.75, 3.05) is 0 Å². The molecule has 2 atom stereocenters. The van der Waals surface area contributed by atoms with E-state index in [1.165, 1.54) is 0 Å². The van der Waals surface area contributed by atoms with Gasteiger partial charge in [-0.3, -0.25) is 4.79 Å². The van der Waals surface area contributed by atoms with Crippen molar-refractivity contribution in [3.63, 3.8) is 0 Å². The van der Waals surface area contributed by atoms with Crippen LogP contribution in [-0.2, 0) is 22.2 Å². The fraction of sp³-hybridized carbons (Fsp3) is 0.300. The van der Waals surface area contributed by atoms with Crippen molar-refractivity contribution >= 4 is 11.9 Å². The van der Waals surface area contributed by atoms with Crippen LogP contribution >= 0.6 is 0 Å². The molecule has 0 saturated heterocycles. The van der Waals surface area contributed by atoms with E-state index < -0.39 is 35.8 Å². The standard InChI is InChI=1S/C20H20F3NO4/c1-11-4-3-5-12(2)15(11)10-16(19(27)28)24-18(26)17(25)13-6-8-14(9-7-13)20(21,22)23/h3-9,16-17,25H,10H2,1-2H3,(H,24,26)(H,27,28)/t16-,17+/m1/s1. The normalized spacial score (nSPS) is 13.6. The summed E-state index contributed by atoms with van der Waals surface area (Å²) in [5.74, 6) is -2.28. The molecule has 28 heavy (non-hydrogen) atoms. The highest BCUT2D eigenvalue weighted by Gasteiger charge is 2.31. The first-order valence-electron chi connectivity index (χ1n) is 8.44. The van der Waals surface area contributed by atoms with Gasteiger partial charge in [0.25, 0.3) is 5.91 Å². The van der Waals surface area contributed by atoms with Crippen LogP contribution in [0.15, 0.2) is 42.5 Å². The Bertz CT molecular complexity index is 842. The van der Waals surface area contributed by atoms with E-state index >= 15 is 0 Å². The van der Waals surface area contributed by atoms with Crippen LogP contribution in [-0.4, -0.2) is 28.1 Å². The third-order valence-corrected chi connectivity index (χ3v) is 4.47. The third-order valence-electron chi connectivity index (χ3n) is 4.47. The van der Waals surface area contributed by atoms with Crippen molar-refractivity contribution in [1.29, 1.82) is 0 Å². The summed E-state index contributed by atoms with van der Waals surface area (Å²) in [6, 6.07) is 7.63. The second kappa shape index (κ2) is 8.43. The fourth-order valence-corrected chi connectivity index (χ4v) is 2.83. The van der Waals surface area contributed by atoms with Gasteiger partial charge in [0.2, 0.25) is 0 Å². The highest BCUT2D eigenvalue weighted by molar-refractivity contribution is 5.87. The van der Waals surface area contributed by atoms with E-state index in [9.17, 15) is 33.0 Å². The van der Waals surface area contributed by atoms with E-state index in [0.717, 1.165) is 41.0 Å². The summed E-state index contributed by atoms with van der Waals surface area (Å²) >= 11 is 0. The molecule has 0 unspecified atom stereocenters. The Morgan fingerprint density at radius 3 is 2.04 bits per heavy atom. The third kappa shape index (κ3) is 5.10. The lowest BCUT2D eigenvalue weighted by atomic mass is 9.96. The number of amides is 1. The van der Waals surface area contributed by atoms with Gasteiger partial charge in [0.1, 0.15) is 6.04 Å². The average molecular weight is 395 g/mol. The SMILES string of the molecule is Cc1cccc(C)c1C[C@@H](NC(=O)[C@@H](O)c1ccc(C(F)(F)F)cc1)C(=O)O. The molecule has 0 aromatic heterocycles. The quantitative estimate of drug-likeness (QED) is 0.701. The van der Waals surface area contributed by atoms with Gasteiger partial charge in [-0.05, 0) is 48.2 Å². The van der Waals surface area contributed by atoms with E-state index in [1.807, 2.05) is 32.0 Å². The Balaban J connectivity index is 2.14. The van der Waals surface area contributed by atoms with Gasteiger partial charge < -0.3 is 15.5 Å². The number of rotatable bonds is 6. The van der Waals surface area contributed by atoms with E-state index in [1.54, 1.807) is 0 Å². The molecular weight excluding hydrogens is 375 g/mol. The average Bonchev–Trinajstić information content (AvgIpc) is 2.62. The largest absolute Gasteiger partial charge is 0.480 e. The smallest absolute Gasteiger partial charge is 0.416 e. The molecule has 0 saturated carbocycles. The van der Waals surface area contributed by atoms with Gasteiger partial charge >= 0.3 is 12.1 Å². The number of aryl methyl sites for hydroxylation is 2. The number of benzene rings is 2. The minimum absolute atomic E-state index is 0.0132. The zero-order valence-corrected chi connectivity index (χ0v) is 15.2. The van der Waals surface area contributed by atoms with Gasteiger partial charge in [-0.2, -0.15) is 13.2 Å². The number of alkyl halides is 3. The van der Waals surface area contributed by atoms with Crippen molar-refractivity contribution in [2.24, 2.45) is 0 Å². The van der Waals surface area contributed by atoms with Crippen LogP contribution in [0.1, 0.15) is 33.9 Å². The maximum atomic E-state index is 12.6. The fourth-order valence-electron chi connectivity index (χ4n) is 2.83. The molecule has 2 aromatic rings. The lowest BCUT2D eigenvalue weighted by molar-refractivity contribution is -0.143. The lowest BCUT2D eigenvalue weighted by Gasteiger charge is -2.19. The van der Waals surface area contributed by atoms with Crippen LogP contribution in [0.3, 0.4) is 0 Å². The van der Waals surface area contributed by atoms with Crippen molar-refractivity contribution < 1.29 is 33.0 Å². The first kappa shape index (κ1) is 21.4. The molecule has 0 fully saturated rings. The molecule has 2 rings (SSSR count). The zero-order valence-electron chi connectivity index (χ0n) is 15.2. The maximum absolute atomic E-state index is 12.6. The molecule has 150 valence electrons. The van der Waals surface area contributed by atoms with Gasteiger partial charge in [-0.15, -0.1) is 0 Å². The number of aliphatic hydroxyl groups excluding tert-OH is 1. The summed E-state index contributed by atoms with van der Waals surface area (Å²) in [7, 11) is 0. The molecule has 0 aliphatic carbocycles. The molecule has 0 aliphatic rings. The van der Waals surface area contributed by atoms with Gasteiger partial charge in [-0.1, -0.05) is 30.3 Å². The minimum atomic E-state index is -4.54. The molecule has 0 spiro atoms. The van der Waals surface area contributed by atoms with Gasteiger partial charge in [0, 0.05) is 6.42 Å². The van der Waals surface area contributed by atoms with Crippen LogP contribution in [0.4, 0.5) is 13.2 Å². The van der Waals surface area contributed by atoms with Crippen LogP contribution in [0.2, 0.25) is 0 Å². The number of aliphatic hydroxyl groups is 1. The molecule has 3 N–H and O–H groups in total. The summed E-state index contributed by atoms with van der Waals surface area (Å²) in [4.78, 5) is 23.8. The monoisotopic (exact) mass is 395 g/mol. The number of halogens is 3. The lowest BCUT2D eigenvalue weighted by Crippen LogP contribution is -2.44. The van der Waals surface area contributed by atoms with Crippen molar-refractivity contribution in [3.8, 4) is 0 Å². The predicted octanol–water partition coefficient (Wildman–Crippen LogP) is 3.17. The van der Waals surface area contributed by atoms with Gasteiger partial charge in [0.05, 0.1) is 5.56 Å². The van der Waals surface area contributed by atoms with Crippen molar-refractivity contribution in [1.82, 2.24) is 5.32 Å². The Kier molecular flexibility index (Phi) is 6.45. The molecule has 2 aromatic carbocycles. The number of carbonyl (C=O) groups is 2. The zero-order chi connectivity index (χ0) is 21.1. The molecule has 1 amide bonds. The molecule has 0 aliphatic heterocycles. The Labute approximate surface area is 159 Å². The molecule has 0 radical (unpaired) electrons. The number of carbonyl (C=O) groups excluding carboxylic acids is 1. The van der Waals surface area contributed by atoms with E-state index in [-0.39, 0.29) is 12.0 Å². The number of nitrogens with one attached hydrogen (secondary N) is 1. The second-order valence-corrected chi connectivity index (χ2v) is 6.50. The first-order chi connectivity index (χ1) is 13.0. The van der Waals surface area contributed by atoms with Gasteiger partial charge in [0.15, 0.2) is 6.10 Å². The van der Waals surface area contributed by atoms with Crippen LogP contribution in [0, 0.1) is 13.8 Å². The molecule has 8 heteroatoms. The topological polar surface area (TPSA) is 86.6 Å². The van der Waals surface area contributed by atoms with Crippen molar-refractivity contribution in [2.45, 2.75) is 38.6 Å². The summed E-state index contributed by atoms with van der Waals surface area (Å²) < 4.78 is 37.8. The number of hydrogen-bond donors (Lipinski definition) is 3. The number of hydrogen-bond acceptors (Lipinski definition) is 3. The maximum Gasteiger partial charge on any atom is 0.416 e. The highest BCUT2D eigenvalue weighted by atomic mass is 19.4. The molecule has 5 nitrogen and oxygen atoms in total. The highest BCUT2D eigenvalue weighted by Crippen LogP contribution is 2.30. The number of carboxylic acid groups (broad SMARTS) is 1. The number of aliphatic carboxylic acids is 1. The predicted molar refractivity (Wildman–Crippen MR) is 95.6 cm³/mol. The molecule has 0 bridgehead atoms. The summed E-state index contributed by atoms with van der Waals surface area (Å²) in [5, 5.41) is 21.8. The summed E-state index contributed by atoms with van der Waals surface area (Å²) in [5.41, 5.74) is 1.51.